The molecule has 0 aromatic rings. The van der Waals surface area contributed by atoms with Gasteiger partial charge in [0.15, 0.2) is 18.2 Å². The summed E-state index contributed by atoms with van der Waals surface area (Å²) in [7, 11) is 0. The van der Waals surface area contributed by atoms with Crippen LogP contribution in [0.15, 0.2) is 11.3 Å². The molecule has 0 fully saturated rings. The van der Waals surface area contributed by atoms with Crippen LogP contribution in [0.5, 0.6) is 0 Å². The van der Waals surface area contributed by atoms with Crippen LogP contribution in [-0.2, 0) is 47.5 Å². The van der Waals surface area contributed by atoms with Gasteiger partial charge in [-0.15, -0.1) is 0 Å². The molecular weight excluding hydrogens is 442 g/mol. The third-order valence-corrected chi connectivity index (χ3v) is 3.81. The molecule has 0 saturated carbocycles. The van der Waals surface area contributed by atoms with Gasteiger partial charge in [-0.05, 0) is 6.92 Å². The molecule has 0 aliphatic carbocycles. The van der Waals surface area contributed by atoms with Crippen molar-refractivity contribution in [2.75, 3.05) is 59.4 Å². The Balaban J connectivity index is 4.67. The quantitative estimate of drug-likeness (QED) is 0.0843. The summed E-state index contributed by atoms with van der Waals surface area (Å²) in [6, 6.07) is 0. The Morgan fingerprint density at radius 1 is 0.758 bits per heavy atom. The van der Waals surface area contributed by atoms with E-state index in [1.54, 1.807) is 0 Å². The van der Waals surface area contributed by atoms with E-state index in [0.717, 1.165) is 6.92 Å². The van der Waals surface area contributed by atoms with Gasteiger partial charge in [0.1, 0.15) is 0 Å². The zero-order valence-electron chi connectivity index (χ0n) is 19.8. The van der Waals surface area contributed by atoms with Crippen LogP contribution in [0.25, 0.3) is 0 Å². The maximum atomic E-state index is 11.6. The number of hydrogen-bond donors (Lipinski definition) is 2. The highest BCUT2D eigenvalue weighted by atomic mass is 16.6. The van der Waals surface area contributed by atoms with Crippen molar-refractivity contribution in [1.82, 2.24) is 0 Å². The van der Waals surface area contributed by atoms with E-state index in [2.05, 4.69) is 0 Å². The van der Waals surface area contributed by atoms with Crippen LogP contribution in [-0.4, -0.2) is 94.8 Å². The number of ether oxygens (including phenoxy) is 7. The first-order valence-electron chi connectivity index (χ1n) is 10.6. The summed E-state index contributed by atoms with van der Waals surface area (Å²) < 4.78 is 36.4. The Bertz CT molecular complexity index is 609. The monoisotopic (exact) mass is 479 g/mol. The fourth-order valence-electron chi connectivity index (χ4n) is 2.40. The molecule has 12 nitrogen and oxygen atoms in total. The van der Waals surface area contributed by atoms with Gasteiger partial charge in [-0.1, -0.05) is 0 Å². The maximum Gasteiger partial charge on any atom is 0.307 e. The summed E-state index contributed by atoms with van der Waals surface area (Å²) in [5, 5.41) is 10.3. The van der Waals surface area contributed by atoms with E-state index in [1.807, 2.05) is 0 Å². The van der Waals surface area contributed by atoms with E-state index in [-0.39, 0.29) is 37.6 Å². The maximum absolute atomic E-state index is 11.6. The fraction of sp³-hybridized carbons (Fsp3) is 0.762. The number of carbonyl (C=O) groups excluding carboxylic acids is 3. The molecule has 0 radical (unpaired) electrons. The summed E-state index contributed by atoms with van der Waals surface area (Å²) in [6.07, 6.45) is -2.50. The van der Waals surface area contributed by atoms with Gasteiger partial charge in [0, 0.05) is 39.3 Å². The molecule has 2 atom stereocenters. The number of hydrogen-bond acceptors (Lipinski definition) is 12. The first kappa shape index (κ1) is 30.9. The minimum absolute atomic E-state index is 0.0200. The first-order chi connectivity index (χ1) is 15.7. The summed E-state index contributed by atoms with van der Waals surface area (Å²) in [4.78, 5) is 34.1. The van der Waals surface area contributed by atoms with Gasteiger partial charge in [-0.3, -0.25) is 14.4 Å². The molecule has 33 heavy (non-hydrogen) atoms. The van der Waals surface area contributed by atoms with Gasteiger partial charge in [0.25, 0.3) is 0 Å². The highest BCUT2D eigenvalue weighted by molar-refractivity contribution is 5.69. The van der Waals surface area contributed by atoms with E-state index in [9.17, 15) is 19.5 Å². The van der Waals surface area contributed by atoms with Crippen molar-refractivity contribution in [3.05, 3.63) is 11.3 Å². The van der Waals surface area contributed by atoms with Gasteiger partial charge in [0.05, 0.1) is 52.9 Å². The van der Waals surface area contributed by atoms with Gasteiger partial charge in [0.2, 0.25) is 0 Å². The van der Waals surface area contributed by atoms with Crippen LogP contribution >= 0.6 is 0 Å². The smallest absolute Gasteiger partial charge is 0.307 e. The van der Waals surface area contributed by atoms with Crippen LogP contribution < -0.4 is 5.73 Å². The molecule has 192 valence electrons. The number of nitrogens with two attached hydrogens (primary N) is 1. The predicted octanol–water partition coefficient (Wildman–Crippen LogP) is 0.0519. The summed E-state index contributed by atoms with van der Waals surface area (Å²) in [5.74, 6) is -1.93. The van der Waals surface area contributed by atoms with E-state index in [0.29, 0.717) is 39.6 Å². The molecule has 0 spiro atoms. The van der Waals surface area contributed by atoms with Crippen molar-refractivity contribution in [3.8, 4) is 0 Å². The minimum atomic E-state index is -1.45. The zero-order valence-corrected chi connectivity index (χ0v) is 19.8. The predicted molar refractivity (Wildman–Crippen MR) is 115 cm³/mol. The molecule has 0 amide bonds. The molecule has 0 aromatic heterocycles. The molecule has 0 aliphatic heterocycles. The summed E-state index contributed by atoms with van der Waals surface area (Å²) in [6.45, 7) is 7.72. The van der Waals surface area contributed by atoms with Crippen LogP contribution in [0.4, 0.5) is 0 Å². The SMILES string of the molecule is CC(=O)OCCC(OC(C)=O)/C(OC(C)=O)=C(/C)C(O)OCCOCCOCCOCCN. The van der Waals surface area contributed by atoms with Gasteiger partial charge in [-0.25, -0.2) is 0 Å². The van der Waals surface area contributed by atoms with Gasteiger partial charge < -0.3 is 44.0 Å². The second-order valence-electron chi connectivity index (χ2n) is 6.72. The minimum Gasteiger partial charge on any atom is -0.466 e. The van der Waals surface area contributed by atoms with E-state index in [1.165, 1.54) is 20.8 Å². The molecule has 0 bridgehead atoms. The normalized spacial score (nSPS) is 13.6. The molecule has 2 unspecified atom stereocenters. The van der Waals surface area contributed by atoms with Crippen LogP contribution in [0, 0.1) is 0 Å². The van der Waals surface area contributed by atoms with Crippen LogP contribution in [0.2, 0.25) is 0 Å². The second-order valence-corrected chi connectivity index (χ2v) is 6.72. The van der Waals surface area contributed by atoms with E-state index < -0.39 is 30.3 Å². The van der Waals surface area contributed by atoms with Crippen molar-refractivity contribution in [2.24, 2.45) is 5.73 Å². The zero-order chi connectivity index (χ0) is 25.1. The highest BCUT2D eigenvalue weighted by Crippen LogP contribution is 2.21. The standard InChI is InChI=1S/C21H37NO11/c1-15(21(26)31-14-13-29-12-11-28-10-9-27-8-6-22)20(33-18(4)25)19(32-17(3)24)5-7-30-16(2)23/h19,21,26H,5-14,22H2,1-4H3/b20-15+. The summed E-state index contributed by atoms with van der Waals surface area (Å²) >= 11 is 0. The number of rotatable bonds is 19. The molecule has 0 heterocycles. The average molecular weight is 480 g/mol. The van der Waals surface area contributed by atoms with E-state index >= 15 is 0 Å². The third-order valence-electron chi connectivity index (χ3n) is 3.81. The lowest BCUT2D eigenvalue weighted by Crippen LogP contribution is -2.28. The third kappa shape index (κ3) is 17.1. The molecule has 3 N–H and O–H groups in total. The number of carbonyl (C=O) groups is 3. The van der Waals surface area contributed by atoms with E-state index in [4.69, 9.17) is 38.9 Å². The summed E-state index contributed by atoms with van der Waals surface area (Å²) in [5.41, 5.74) is 5.43. The lowest BCUT2D eigenvalue weighted by Gasteiger charge is -2.23. The lowest BCUT2D eigenvalue weighted by atomic mass is 10.1. The average Bonchev–Trinajstić information content (AvgIpc) is 2.73. The number of aliphatic hydroxyl groups excluding tert-OH is 1. The molecule has 0 aromatic carbocycles. The highest BCUT2D eigenvalue weighted by Gasteiger charge is 2.27. The van der Waals surface area contributed by atoms with Gasteiger partial charge in [-0.2, -0.15) is 0 Å². The number of aliphatic hydroxyl groups is 1. The Morgan fingerprint density at radius 3 is 1.79 bits per heavy atom. The topological polar surface area (TPSA) is 162 Å². The Kier molecular flexibility index (Phi) is 18.2. The van der Waals surface area contributed by atoms with Crippen LogP contribution in [0.3, 0.4) is 0 Å². The Labute approximate surface area is 194 Å². The molecule has 0 rings (SSSR count). The molecular formula is C21H37NO11. The molecule has 12 heteroatoms. The van der Waals surface area contributed by atoms with Gasteiger partial charge >= 0.3 is 17.9 Å². The van der Waals surface area contributed by atoms with Crippen LogP contribution in [0.1, 0.15) is 34.1 Å². The Hall–Kier alpha value is -2.09. The lowest BCUT2D eigenvalue weighted by molar-refractivity contribution is -0.153. The largest absolute Gasteiger partial charge is 0.466 e. The Morgan fingerprint density at radius 2 is 1.30 bits per heavy atom. The van der Waals surface area contributed by atoms with Crippen molar-refractivity contribution in [3.63, 3.8) is 0 Å². The van der Waals surface area contributed by atoms with Crippen molar-refractivity contribution < 1.29 is 52.6 Å². The molecule has 0 saturated heterocycles. The second kappa shape index (κ2) is 19.4. The number of esters is 3. The first-order valence-corrected chi connectivity index (χ1v) is 10.6. The molecule has 0 aliphatic rings. The van der Waals surface area contributed by atoms with Crippen molar-refractivity contribution in [2.45, 2.75) is 46.5 Å². The van der Waals surface area contributed by atoms with Crippen molar-refractivity contribution in [1.29, 1.82) is 0 Å². The van der Waals surface area contributed by atoms with Crippen molar-refractivity contribution >= 4 is 17.9 Å². The fourth-order valence-corrected chi connectivity index (χ4v) is 2.40.